The molecule has 0 atom stereocenters. The molecule has 1 aliphatic heterocycles. The van der Waals surface area contributed by atoms with Crippen molar-refractivity contribution in [2.75, 3.05) is 19.8 Å². The lowest BCUT2D eigenvalue weighted by molar-refractivity contribution is 0.285. The van der Waals surface area contributed by atoms with Crippen LogP contribution in [0.4, 0.5) is 0 Å². The molecule has 0 N–H and O–H groups in total. The van der Waals surface area contributed by atoms with E-state index in [2.05, 4.69) is 0 Å². The summed E-state index contributed by atoms with van der Waals surface area (Å²) in [6.45, 7) is 5.61. The van der Waals surface area contributed by atoms with E-state index in [1.54, 1.807) is 24.3 Å². The molecule has 0 saturated heterocycles. The van der Waals surface area contributed by atoms with Crippen LogP contribution in [0.15, 0.2) is 36.4 Å². The van der Waals surface area contributed by atoms with Crippen LogP contribution in [0, 0.1) is 11.3 Å². The van der Waals surface area contributed by atoms with E-state index >= 15 is 0 Å². The summed E-state index contributed by atoms with van der Waals surface area (Å²) in [7, 11) is -3.50. The van der Waals surface area contributed by atoms with Crippen LogP contribution in [0.3, 0.4) is 0 Å². The van der Waals surface area contributed by atoms with Crippen LogP contribution in [0.1, 0.15) is 36.1 Å². The topological polar surface area (TPSA) is 79.6 Å². The molecule has 0 radical (unpaired) electrons. The van der Waals surface area contributed by atoms with Crippen molar-refractivity contribution < 1.29 is 17.9 Å². The number of sulfonamides is 1. The molecule has 1 aliphatic rings. The molecule has 0 spiro atoms. The fourth-order valence-electron chi connectivity index (χ4n) is 3.34. The van der Waals surface area contributed by atoms with Gasteiger partial charge < -0.3 is 9.47 Å². The maximum Gasteiger partial charge on any atom is 0.218 e. The number of fused-ring (bicyclic) bond motifs is 1. The maximum absolute atomic E-state index is 12.9. The summed E-state index contributed by atoms with van der Waals surface area (Å²) in [6, 6.07) is 12.6. The van der Waals surface area contributed by atoms with Gasteiger partial charge in [0.1, 0.15) is 0 Å². The Bertz CT molecular complexity index is 996. The minimum atomic E-state index is -3.50. The van der Waals surface area contributed by atoms with Crippen LogP contribution >= 0.6 is 0 Å². The van der Waals surface area contributed by atoms with Crippen molar-refractivity contribution in [3.63, 3.8) is 0 Å². The first kappa shape index (κ1) is 20.2. The van der Waals surface area contributed by atoms with Gasteiger partial charge in [0.15, 0.2) is 11.5 Å². The molecule has 148 valence electrons. The molecule has 28 heavy (non-hydrogen) atoms. The summed E-state index contributed by atoms with van der Waals surface area (Å²) < 4.78 is 38.7. The lowest BCUT2D eigenvalue weighted by Gasteiger charge is -2.29. The predicted molar refractivity (Wildman–Crippen MR) is 107 cm³/mol. The second-order valence-corrected chi connectivity index (χ2v) is 8.55. The van der Waals surface area contributed by atoms with E-state index in [9.17, 15) is 8.42 Å². The highest BCUT2D eigenvalue weighted by atomic mass is 32.2. The molecule has 7 heteroatoms. The quantitative estimate of drug-likeness (QED) is 0.713. The summed E-state index contributed by atoms with van der Waals surface area (Å²) in [6.07, 6.45) is 0.624. The van der Waals surface area contributed by atoms with Gasteiger partial charge in [-0.2, -0.15) is 9.57 Å². The predicted octanol–water partition coefficient (Wildman–Crippen LogP) is 3.24. The minimum Gasteiger partial charge on any atom is -0.490 e. The van der Waals surface area contributed by atoms with Crippen molar-refractivity contribution in [3.05, 3.63) is 58.7 Å². The smallest absolute Gasteiger partial charge is 0.218 e. The normalized spacial score (nSPS) is 14.2. The lowest BCUT2D eigenvalue weighted by Crippen LogP contribution is -2.36. The monoisotopic (exact) mass is 400 g/mol. The van der Waals surface area contributed by atoms with Crippen molar-refractivity contribution in [1.29, 1.82) is 5.26 Å². The molecule has 6 nitrogen and oxygen atoms in total. The Morgan fingerprint density at radius 1 is 1.07 bits per heavy atom. The molecule has 0 bridgehead atoms. The fraction of sp³-hybridized carbons (Fsp3) is 0.381. The van der Waals surface area contributed by atoms with E-state index < -0.39 is 10.0 Å². The molecule has 2 aromatic rings. The van der Waals surface area contributed by atoms with Crippen molar-refractivity contribution in [2.45, 2.75) is 32.6 Å². The summed E-state index contributed by atoms with van der Waals surface area (Å²) in [5.74, 6) is 1.23. The average molecular weight is 401 g/mol. The maximum atomic E-state index is 12.9. The molecule has 0 amide bonds. The Morgan fingerprint density at radius 3 is 2.39 bits per heavy atom. The van der Waals surface area contributed by atoms with Crippen LogP contribution < -0.4 is 9.47 Å². The van der Waals surface area contributed by atoms with Crippen molar-refractivity contribution in [1.82, 2.24) is 4.31 Å². The molecule has 2 aromatic carbocycles. The Kier molecular flexibility index (Phi) is 6.22. The molecule has 0 aromatic heterocycles. The SMILES string of the molecule is CCOc1cc2c(cc1OCC)CN(S(=O)(=O)Cc1cccc(C#N)c1)CC2. The molecule has 0 unspecified atom stereocenters. The lowest BCUT2D eigenvalue weighted by atomic mass is 10.0. The Labute approximate surface area is 166 Å². The van der Waals surface area contributed by atoms with Crippen LogP contribution in [0.2, 0.25) is 0 Å². The van der Waals surface area contributed by atoms with Crippen LogP contribution in [0.25, 0.3) is 0 Å². The first-order valence-electron chi connectivity index (χ1n) is 9.35. The summed E-state index contributed by atoms with van der Waals surface area (Å²) in [5, 5.41) is 9.02. The Morgan fingerprint density at radius 2 is 1.75 bits per heavy atom. The number of ether oxygens (including phenoxy) is 2. The number of nitrogens with zero attached hydrogens (tertiary/aromatic N) is 2. The summed E-state index contributed by atoms with van der Waals surface area (Å²) in [4.78, 5) is 0. The number of nitriles is 1. The third-order valence-corrected chi connectivity index (χ3v) is 6.44. The summed E-state index contributed by atoms with van der Waals surface area (Å²) in [5.41, 5.74) is 3.10. The second kappa shape index (κ2) is 8.63. The van der Waals surface area contributed by atoms with Crippen LogP contribution in [-0.4, -0.2) is 32.5 Å². The van der Waals surface area contributed by atoms with Crippen LogP contribution in [-0.2, 0) is 28.7 Å². The highest BCUT2D eigenvalue weighted by Crippen LogP contribution is 2.34. The van der Waals surface area contributed by atoms with Gasteiger partial charge in [0.2, 0.25) is 10.0 Å². The molecule has 0 fully saturated rings. The van der Waals surface area contributed by atoms with E-state index in [0.29, 0.717) is 55.4 Å². The van der Waals surface area contributed by atoms with E-state index in [4.69, 9.17) is 14.7 Å². The largest absolute Gasteiger partial charge is 0.490 e. The number of benzene rings is 2. The van der Waals surface area contributed by atoms with Crippen LogP contribution in [0.5, 0.6) is 11.5 Å². The molecular formula is C21H24N2O4S. The Balaban J connectivity index is 1.83. The fourth-order valence-corrected chi connectivity index (χ4v) is 4.83. The van der Waals surface area contributed by atoms with E-state index in [1.165, 1.54) is 4.31 Å². The Hall–Kier alpha value is -2.56. The number of hydrogen-bond donors (Lipinski definition) is 0. The molecular weight excluding hydrogens is 376 g/mol. The number of rotatable bonds is 7. The summed E-state index contributed by atoms with van der Waals surface area (Å²) >= 11 is 0. The third kappa shape index (κ3) is 4.46. The van der Waals surface area contributed by atoms with Crippen molar-refractivity contribution in [3.8, 4) is 17.6 Å². The van der Waals surface area contributed by atoms with E-state index in [1.807, 2.05) is 32.0 Å². The van der Waals surface area contributed by atoms with Gasteiger partial charge in [0.25, 0.3) is 0 Å². The zero-order valence-electron chi connectivity index (χ0n) is 16.1. The standard InChI is InChI=1S/C21H24N2O4S/c1-3-26-20-11-18-8-9-23(14-19(18)12-21(20)27-4-2)28(24,25)15-17-7-5-6-16(10-17)13-22/h5-7,10-12H,3-4,8-9,14-15H2,1-2H3. The van der Waals surface area contributed by atoms with Gasteiger partial charge in [-0.1, -0.05) is 12.1 Å². The highest BCUT2D eigenvalue weighted by Gasteiger charge is 2.28. The third-order valence-electron chi connectivity index (χ3n) is 4.64. The molecule has 0 saturated carbocycles. The first-order chi connectivity index (χ1) is 13.5. The van der Waals surface area contributed by atoms with Gasteiger partial charge in [-0.3, -0.25) is 0 Å². The second-order valence-electron chi connectivity index (χ2n) is 6.59. The van der Waals surface area contributed by atoms with Gasteiger partial charge in [0, 0.05) is 13.1 Å². The molecule has 3 rings (SSSR count). The van der Waals surface area contributed by atoms with Gasteiger partial charge >= 0.3 is 0 Å². The average Bonchev–Trinajstić information content (AvgIpc) is 2.68. The van der Waals surface area contributed by atoms with Gasteiger partial charge in [-0.25, -0.2) is 8.42 Å². The van der Waals surface area contributed by atoms with E-state index in [0.717, 1.165) is 11.1 Å². The van der Waals surface area contributed by atoms with Gasteiger partial charge in [-0.05, 0) is 61.2 Å². The highest BCUT2D eigenvalue weighted by molar-refractivity contribution is 7.88. The van der Waals surface area contributed by atoms with E-state index in [-0.39, 0.29) is 5.75 Å². The van der Waals surface area contributed by atoms with Crippen molar-refractivity contribution in [2.24, 2.45) is 0 Å². The van der Waals surface area contributed by atoms with Gasteiger partial charge in [0.05, 0.1) is 30.6 Å². The molecule has 0 aliphatic carbocycles. The first-order valence-corrected chi connectivity index (χ1v) is 11.0. The van der Waals surface area contributed by atoms with Gasteiger partial charge in [-0.15, -0.1) is 0 Å². The molecule has 1 heterocycles. The number of hydrogen-bond acceptors (Lipinski definition) is 5. The van der Waals surface area contributed by atoms with Crippen molar-refractivity contribution >= 4 is 10.0 Å². The zero-order chi connectivity index (χ0) is 20.1. The minimum absolute atomic E-state index is 0.118. The zero-order valence-corrected chi connectivity index (χ0v) is 17.0.